The summed E-state index contributed by atoms with van der Waals surface area (Å²) in [5.74, 6) is -0.290. The van der Waals surface area contributed by atoms with Gasteiger partial charge >= 0.3 is 0 Å². The van der Waals surface area contributed by atoms with Crippen LogP contribution in [0.3, 0.4) is 0 Å². The highest BCUT2D eigenvalue weighted by atomic mass is 32.2. The van der Waals surface area contributed by atoms with Gasteiger partial charge in [-0.2, -0.15) is 0 Å². The third-order valence-corrected chi connectivity index (χ3v) is 9.85. The summed E-state index contributed by atoms with van der Waals surface area (Å²) in [7, 11) is -5.92. The quantitative estimate of drug-likeness (QED) is 0.620. The van der Waals surface area contributed by atoms with Crippen molar-refractivity contribution in [1.82, 2.24) is 5.32 Å². The maximum absolute atomic E-state index is 13.4. The highest BCUT2D eigenvalue weighted by Crippen LogP contribution is 2.33. The Hall–Kier alpha value is -1.90. The summed E-state index contributed by atoms with van der Waals surface area (Å²) in [5.41, 5.74) is 2.94. The van der Waals surface area contributed by atoms with Crippen molar-refractivity contribution in [3.05, 3.63) is 59.2 Å². The molecule has 0 spiro atoms. The van der Waals surface area contributed by atoms with Crippen molar-refractivity contribution in [2.24, 2.45) is 0 Å². The topological polar surface area (TPSA) is 89.5 Å². The molecule has 30 heavy (non-hydrogen) atoms. The van der Waals surface area contributed by atoms with Crippen LogP contribution in [0.25, 0.3) is 0 Å². The number of sulfone groups is 2. The zero-order valence-electron chi connectivity index (χ0n) is 17.6. The van der Waals surface area contributed by atoms with Crippen molar-refractivity contribution in [3.8, 4) is 5.75 Å². The fraction of sp³-hybridized carbons (Fsp3) is 0.455. The Bertz CT molecular complexity index is 1100. The fourth-order valence-corrected chi connectivity index (χ4v) is 8.79. The third kappa shape index (κ3) is 5.04. The normalized spacial score (nSPS) is 20.9. The lowest BCUT2D eigenvalue weighted by molar-refractivity contribution is 0.401. The van der Waals surface area contributed by atoms with Crippen LogP contribution in [0, 0.1) is 13.8 Å². The van der Waals surface area contributed by atoms with Crippen molar-refractivity contribution in [2.45, 2.75) is 42.9 Å². The molecule has 0 saturated carbocycles. The molecule has 2 atom stereocenters. The Morgan fingerprint density at radius 1 is 1.07 bits per heavy atom. The summed E-state index contributed by atoms with van der Waals surface area (Å²) in [5, 5.41) is 2.17. The number of rotatable bonds is 8. The Morgan fingerprint density at radius 3 is 2.40 bits per heavy atom. The van der Waals surface area contributed by atoms with Gasteiger partial charge in [0.25, 0.3) is 0 Å². The van der Waals surface area contributed by atoms with E-state index in [0.29, 0.717) is 6.54 Å². The summed E-state index contributed by atoms with van der Waals surface area (Å²) >= 11 is 0. The van der Waals surface area contributed by atoms with Gasteiger partial charge in [0.05, 0.1) is 23.9 Å². The van der Waals surface area contributed by atoms with E-state index in [0.717, 1.165) is 24.0 Å². The van der Waals surface area contributed by atoms with Gasteiger partial charge in [-0.3, -0.25) is 0 Å². The zero-order chi connectivity index (χ0) is 21.9. The molecular weight excluding hydrogens is 422 g/mol. The molecule has 1 N–H and O–H groups in total. The summed E-state index contributed by atoms with van der Waals surface area (Å²) in [4.78, 5) is 0.0614. The van der Waals surface area contributed by atoms with Crippen LogP contribution in [0.5, 0.6) is 5.75 Å². The minimum Gasteiger partial charge on any atom is -0.495 e. The SMILES string of the molecule is COc1cc(C)c(C)cc1S(=O)(=O)[C@H]1CS(=O)(=O)C[C@@H]1NCCCc1ccccc1. The van der Waals surface area contributed by atoms with Crippen LogP contribution in [-0.2, 0) is 26.1 Å². The van der Waals surface area contributed by atoms with Gasteiger partial charge in [-0.1, -0.05) is 30.3 Å². The van der Waals surface area contributed by atoms with Gasteiger partial charge in [-0.15, -0.1) is 0 Å². The maximum Gasteiger partial charge on any atom is 0.187 e. The minimum atomic E-state index is -3.90. The molecule has 0 aliphatic carbocycles. The van der Waals surface area contributed by atoms with Gasteiger partial charge < -0.3 is 10.1 Å². The first-order valence-corrected chi connectivity index (χ1v) is 13.4. The molecule has 1 aliphatic rings. The van der Waals surface area contributed by atoms with Crippen molar-refractivity contribution < 1.29 is 21.6 Å². The van der Waals surface area contributed by atoms with Crippen LogP contribution in [0.15, 0.2) is 47.4 Å². The lowest BCUT2D eigenvalue weighted by Crippen LogP contribution is -2.43. The Balaban J connectivity index is 1.79. The Morgan fingerprint density at radius 2 is 1.73 bits per heavy atom. The van der Waals surface area contributed by atoms with E-state index < -0.39 is 31.0 Å². The lowest BCUT2D eigenvalue weighted by Gasteiger charge is -2.22. The summed E-state index contributed by atoms with van der Waals surface area (Å²) < 4.78 is 56.9. The van der Waals surface area contributed by atoms with Crippen molar-refractivity contribution in [3.63, 3.8) is 0 Å². The van der Waals surface area contributed by atoms with E-state index in [4.69, 9.17) is 4.74 Å². The van der Waals surface area contributed by atoms with Crippen LogP contribution in [0.1, 0.15) is 23.1 Å². The van der Waals surface area contributed by atoms with Crippen LogP contribution >= 0.6 is 0 Å². The number of hydrogen-bond acceptors (Lipinski definition) is 6. The first-order valence-electron chi connectivity index (χ1n) is 10.0. The van der Waals surface area contributed by atoms with Crippen LogP contribution in [-0.4, -0.2) is 53.3 Å². The second-order valence-electron chi connectivity index (χ2n) is 7.90. The molecular formula is C22H29NO5S2. The number of benzene rings is 2. The predicted molar refractivity (Wildman–Crippen MR) is 119 cm³/mol. The zero-order valence-corrected chi connectivity index (χ0v) is 19.2. The first kappa shape index (κ1) is 22.8. The second kappa shape index (κ2) is 9.08. The van der Waals surface area contributed by atoms with E-state index in [9.17, 15) is 16.8 Å². The van der Waals surface area contributed by atoms with Gasteiger partial charge in [-0.25, -0.2) is 16.8 Å². The van der Waals surface area contributed by atoms with E-state index in [1.807, 2.05) is 44.2 Å². The van der Waals surface area contributed by atoms with Crippen LogP contribution in [0.2, 0.25) is 0 Å². The first-order chi connectivity index (χ1) is 14.1. The molecule has 2 aromatic carbocycles. The molecule has 1 fully saturated rings. The highest BCUT2D eigenvalue weighted by Gasteiger charge is 2.46. The highest BCUT2D eigenvalue weighted by molar-refractivity contribution is 7.96. The van der Waals surface area contributed by atoms with Crippen molar-refractivity contribution >= 4 is 19.7 Å². The number of hydrogen-bond donors (Lipinski definition) is 1. The molecule has 0 radical (unpaired) electrons. The molecule has 1 saturated heterocycles. The molecule has 6 nitrogen and oxygen atoms in total. The van der Waals surface area contributed by atoms with Gasteiger partial charge in [0.15, 0.2) is 19.7 Å². The van der Waals surface area contributed by atoms with E-state index in [1.165, 1.54) is 12.7 Å². The Labute approximate surface area is 179 Å². The predicted octanol–water partition coefficient (Wildman–Crippen LogP) is 2.47. The van der Waals surface area contributed by atoms with E-state index in [1.54, 1.807) is 12.1 Å². The maximum atomic E-state index is 13.4. The van der Waals surface area contributed by atoms with Gasteiger partial charge in [0.1, 0.15) is 10.6 Å². The third-order valence-electron chi connectivity index (χ3n) is 5.68. The molecule has 0 unspecified atom stereocenters. The number of methoxy groups -OCH3 is 1. The second-order valence-corrected chi connectivity index (χ2v) is 12.2. The molecule has 0 bridgehead atoms. The standard InChI is InChI=1S/C22H29NO5S2/c1-16-12-20(28-3)21(13-17(16)2)30(26,27)22-15-29(24,25)14-19(22)23-11-7-10-18-8-5-4-6-9-18/h4-6,8-9,12-13,19,22-23H,7,10-11,14-15H2,1-3H3/t19-,22-/m0/s1. The molecule has 1 aliphatic heterocycles. The number of ether oxygens (including phenoxy) is 1. The smallest absolute Gasteiger partial charge is 0.187 e. The molecule has 3 rings (SSSR count). The fourth-order valence-electron chi connectivity index (χ4n) is 3.84. The summed E-state index contributed by atoms with van der Waals surface area (Å²) in [6, 6.07) is 12.6. The van der Waals surface area contributed by atoms with E-state index >= 15 is 0 Å². The van der Waals surface area contributed by atoms with Gasteiger partial charge in [-0.05, 0) is 62.1 Å². The average molecular weight is 452 g/mol. The Kier molecular flexibility index (Phi) is 6.89. The monoisotopic (exact) mass is 451 g/mol. The number of aryl methyl sites for hydroxylation is 3. The van der Waals surface area contributed by atoms with Crippen molar-refractivity contribution in [1.29, 1.82) is 0 Å². The molecule has 2 aromatic rings. The average Bonchev–Trinajstić information content (AvgIpc) is 3.03. The summed E-state index contributed by atoms with van der Waals surface area (Å²) in [6.07, 6.45) is 1.63. The lowest BCUT2D eigenvalue weighted by atomic mass is 10.1. The largest absolute Gasteiger partial charge is 0.495 e. The number of nitrogens with one attached hydrogen (secondary N) is 1. The molecule has 164 valence electrons. The minimum absolute atomic E-state index is 0.0614. The van der Waals surface area contributed by atoms with Gasteiger partial charge in [0, 0.05) is 6.04 Å². The molecule has 0 amide bonds. The van der Waals surface area contributed by atoms with E-state index in [2.05, 4.69) is 5.32 Å². The van der Waals surface area contributed by atoms with E-state index in [-0.39, 0.29) is 22.2 Å². The van der Waals surface area contributed by atoms with Crippen molar-refractivity contribution in [2.75, 3.05) is 25.2 Å². The van der Waals surface area contributed by atoms with Gasteiger partial charge in [0.2, 0.25) is 0 Å². The molecule has 0 aromatic heterocycles. The molecule has 8 heteroatoms. The van der Waals surface area contributed by atoms with Crippen LogP contribution in [0.4, 0.5) is 0 Å². The van der Waals surface area contributed by atoms with Crippen LogP contribution < -0.4 is 10.1 Å². The molecule has 1 heterocycles. The summed E-state index contributed by atoms with van der Waals surface area (Å²) in [6.45, 7) is 4.26.